The largest absolute Gasteiger partial charge is 0.496 e. The number of fused-ring (bicyclic) bond motifs is 1. The molecule has 0 radical (unpaired) electrons. The Morgan fingerprint density at radius 3 is 3.10 bits per heavy atom. The van der Waals surface area contributed by atoms with Gasteiger partial charge in [0.25, 0.3) is 0 Å². The Morgan fingerprint density at radius 1 is 1.43 bits per heavy atom. The number of halogens is 1. The standard InChI is InChI=1S/C16H16FNO2S/c1-20-15-3-2-12(17)8-13(15)14(19)10-18-6-4-16-11(9-18)5-7-21-16/h2-3,5,7-8H,4,6,9-10H2,1H3. The monoisotopic (exact) mass is 305 g/mol. The first kappa shape index (κ1) is 14.2. The van der Waals surface area contributed by atoms with Crippen molar-refractivity contribution in [2.45, 2.75) is 13.0 Å². The molecule has 1 aliphatic rings. The number of nitrogens with zero attached hydrogens (tertiary/aromatic N) is 1. The quantitative estimate of drug-likeness (QED) is 0.813. The van der Waals surface area contributed by atoms with Crippen LogP contribution in [0.5, 0.6) is 5.75 Å². The summed E-state index contributed by atoms with van der Waals surface area (Å²) in [6.45, 7) is 1.92. The molecule has 0 N–H and O–H groups in total. The van der Waals surface area contributed by atoms with Crippen molar-refractivity contribution in [3.05, 3.63) is 51.5 Å². The molecule has 2 heterocycles. The van der Waals surface area contributed by atoms with Gasteiger partial charge in [0.2, 0.25) is 0 Å². The van der Waals surface area contributed by atoms with Crippen LogP contribution in [-0.4, -0.2) is 30.9 Å². The van der Waals surface area contributed by atoms with Gasteiger partial charge in [-0.05, 0) is 41.6 Å². The van der Waals surface area contributed by atoms with Gasteiger partial charge in [0.05, 0.1) is 19.2 Å². The second-order valence-electron chi connectivity index (χ2n) is 5.10. The number of carbonyl (C=O) groups excluding carboxylic acids is 1. The van der Waals surface area contributed by atoms with Crippen molar-refractivity contribution in [1.82, 2.24) is 4.90 Å². The van der Waals surface area contributed by atoms with Crippen LogP contribution in [0.25, 0.3) is 0 Å². The summed E-state index contributed by atoms with van der Waals surface area (Å²) in [5.41, 5.74) is 1.61. The van der Waals surface area contributed by atoms with Crippen molar-refractivity contribution in [2.75, 3.05) is 20.2 Å². The number of ketones is 1. The SMILES string of the molecule is COc1ccc(F)cc1C(=O)CN1CCc2sccc2C1. The lowest BCUT2D eigenvalue weighted by Gasteiger charge is -2.26. The van der Waals surface area contributed by atoms with Gasteiger partial charge >= 0.3 is 0 Å². The van der Waals surface area contributed by atoms with Gasteiger partial charge in [-0.2, -0.15) is 0 Å². The normalized spacial score (nSPS) is 14.8. The van der Waals surface area contributed by atoms with E-state index < -0.39 is 5.82 Å². The van der Waals surface area contributed by atoms with Crippen LogP contribution >= 0.6 is 11.3 Å². The maximum absolute atomic E-state index is 13.4. The first-order valence-electron chi connectivity index (χ1n) is 6.81. The number of benzene rings is 1. The van der Waals surface area contributed by atoms with E-state index in [4.69, 9.17) is 4.74 Å². The van der Waals surface area contributed by atoms with Crippen LogP contribution < -0.4 is 4.74 Å². The van der Waals surface area contributed by atoms with Crippen LogP contribution in [0.15, 0.2) is 29.6 Å². The van der Waals surface area contributed by atoms with Crippen molar-refractivity contribution in [2.24, 2.45) is 0 Å². The summed E-state index contributed by atoms with van der Waals surface area (Å²) in [4.78, 5) is 15.9. The number of carbonyl (C=O) groups is 1. The third-order valence-electron chi connectivity index (χ3n) is 3.72. The van der Waals surface area contributed by atoms with Crippen LogP contribution in [0.1, 0.15) is 20.8 Å². The average Bonchev–Trinajstić information content (AvgIpc) is 2.94. The molecule has 5 heteroatoms. The second kappa shape index (κ2) is 5.95. The number of thiophene rings is 1. The Morgan fingerprint density at radius 2 is 2.29 bits per heavy atom. The Kier molecular flexibility index (Phi) is 4.03. The van der Waals surface area contributed by atoms with Gasteiger partial charge in [0, 0.05) is 18.0 Å². The second-order valence-corrected chi connectivity index (χ2v) is 6.10. The lowest BCUT2D eigenvalue weighted by atomic mass is 10.1. The van der Waals surface area contributed by atoms with Crippen molar-refractivity contribution < 1.29 is 13.9 Å². The molecule has 110 valence electrons. The van der Waals surface area contributed by atoms with Gasteiger partial charge in [-0.15, -0.1) is 11.3 Å². The number of rotatable bonds is 4. The Labute approximate surface area is 127 Å². The molecule has 0 fully saturated rings. The molecule has 1 aromatic carbocycles. The van der Waals surface area contributed by atoms with E-state index in [1.54, 1.807) is 11.3 Å². The van der Waals surface area contributed by atoms with Crippen LogP contribution in [-0.2, 0) is 13.0 Å². The Balaban J connectivity index is 1.74. The molecule has 0 saturated heterocycles. The van der Waals surface area contributed by atoms with Gasteiger partial charge in [-0.1, -0.05) is 0 Å². The van der Waals surface area contributed by atoms with Crippen LogP contribution in [0.4, 0.5) is 4.39 Å². The van der Waals surface area contributed by atoms with Crippen molar-refractivity contribution >= 4 is 17.1 Å². The van der Waals surface area contributed by atoms with Crippen molar-refractivity contribution in [3.63, 3.8) is 0 Å². The zero-order valence-electron chi connectivity index (χ0n) is 11.8. The summed E-state index contributed by atoms with van der Waals surface area (Å²) in [5, 5.41) is 2.09. The summed E-state index contributed by atoms with van der Waals surface area (Å²) >= 11 is 1.77. The van der Waals surface area contributed by atoms with Gasteiger partial charge < -0.3 is 4.74 Å². The lowest BCUT2D eigenvalue weighted by Crippen LogP contribution is -2.34. The molecule has 21 heavy (non-hydrogen) atoms. The lowest BCUT2D eigenvalue weighted by molar-refractivity contribution is 0.0918. The number of Topliss-reactive ketones (excluding diaryl/α,β-unsaturated/α-hetero) is 1. The predicted octanol–water partition coefficient (Wildman–Crippen LogP) is 3.14. The van der Waals surface area contributed by atoms with Crippen LogP contribution in [0.3, 0.4) is 0 Å². The topological polar surface area (TPSA) is 29.5 Å². The molecule has 3 rings (SSSR count). The number of hydrogen-bond acceptors (Lipinski definition) is 4. The van der Waals surface area contributed by atoms with E-state index in [0.29, 0.717) is 11.3 Å². The van der Waals surface area contributed by atoms with E-state index in [2.05, 4.69) is 16.3 Å². The molecule has 0 aliphatic carbocycles. The minimum Gasteiger partial charge on any atom is -0.496 e. The van der Waals surface area contributed by atoms with Crippen molar-refractivity contribution in [3.8, 4) is 5.75 Å². The van der Waals surface area contributed by atoms with E-state index in [1.165, 1.54) is 35.7 Å². The minimum atomic E-state index is -0.419. The molecule has 0 spiro atoms. The molecule has 0 unspecified atom stereocenters. The number of hydrogen-bond donors (Lipinski definition) is 0. The van der Waals surface area contributed by atoms with Crippen molar-refractivity contribution in [1.29, 1.82) is 0 Å². The van der Waals surface area contributed by atoms with E-state index >= 15 is 0 Å². The zero-order valence-corrected chi connectivity index (χ0v) is 12.6. The number of methoxy groups -OCH3 is 1. The molecular formula is C16H16FNO2S. The fourth-order valence-electron chi connectivity index (χ4n) is 2.63. The Hall–Kier alpha value is -1.72. The smallest absolute Gasteiger partial charge is 0.180 e. The first-order valence-corrected chi connectivity index (χ1v) is 7.69. The van der Waals surface area contributed by atoms with Crippen LogP contribution in [0, 0.1) is 5.82 Å². The highest BCUT2D eigenvalue weighted by Gasteiger charge is 2.21. The molecule has 2 aromatic rings. The molecule has 0 atom stereocenters. The molecule has 1 aliphatic heterocycles. The van der Waals surface area contributed by atoms with E-state index in [1.807, 2.05) is 0 Å². The van der Waals surface area contributed by atoms with Gasteiger partial charge in [0.1, 0.15) is 11.6 Å². The summed E-state index contributed by atoms with van der Waals surface area (Å²) < 4.78 is 18.5. The summed E-state index contributed by atoms with van der Waals surface area (Å²) in [7, 11) is 1.49. The third-order valence-corrected chi connectivity index (χ3v) is 4.74. The first-order chi connectivity index (χ1) is 10.2. The molecule has 0 amide bonds. The number of ether oxygens (including phenoxy) is 1. The summed E-state index contributed by atoms with van der Waals surface area (Å²) in [6.07, 6.45) is 0.973. The summed E-state index contributed by atoms with van der Waals surface area (Å²) in [6, 6.07) is 6.16. The summed E-state index contributed by atoms with van der Waals surface area (Å²) in [5.74, 6) is -0.0995. The minimum absolute atomic E-state index is 0.106. The average molecular weight is 305 g/mol. The molecular weight excluding hydrogens is 289 g/mol. The van der Waals surface area contributed by atoms with E-state index in [-0.39, 0.29) is 12.3 Å². The van der Waals surface area contributed by atoms with Gasteiger partial charge in [-0.3, -0.25) is 9.69 Å². The zero-order chi connectivity index (χ0) is 14.8. The van der Waals surface area contributed by atoms with Gasteiger partial charge in [-0.25, -0.2) is 4.39 Å². The Bertz CT molecular complexity index is 668. The molecule has 0 saturated carbocycles. The maximum atomic E-state index is 13.4. The van der Waals surface area contributed by atoms with E-state index in [9.17, 15) is 9.18 Å². The third kappa shape index (κ3) is 2.99. The van der Waals surface area contributed by atoms with Crippen LogP contribution in [0.2, 0.25) is 0 Å². The molecule has 1 aromatic heterocycles. The molecule has 0 bridgehead atoms. The predicted molar refractivity (Wildman–Crippen MR) is 80.6 cm³/mol. The van der Waals surface area contributed by atoms with E-state index in [0.717, 1.165) is 19.5 Å². The highest BCUT2D eigenvalue weighted by atomic mass is 32.1. The molecule has 3 nitrogen and oxygen atoms in total. The maximum Gasteiger partial charge on any atom is 0.180 e. The fraction of sp³-hybridized carbons (Fsp3) is 0.312. The van der Waals surface area contributed by atoms with Gasteiger partial charge in [0.15, 0.2) is 5.78 Å². The highest BCUT2D eigenvalue weighted by molar-refractivity contribution is 7.10. The fourth-order valence-corrected chi connectivity index (χ4v) is 3.52. The highest BCUT2D eigenvalue weighted by Crippen LogP contribution is 2.25.